The molecule has 0 amide bonds. The Balaban J connectivity index is 1.68. The molecule has 0 radical (unpaired) electrons. The summed E-state index contributed by atoms with van der Waals surface area (Å²) in [6, 6.07) is 9.90. The maximum absolute atomic E-state index is 5.25. The van der Waals surface area contributed by atoms with Crippen molar-refractivity contribution in [1.82, 2.24) is 10.2 Å². The molecular formula is C18H28N2O. The molecule has 1 aromatic carbocycles. The zero-order valence-corrected chi connectivity index (χ0v) is 13.5. The van der Waals surface area contributed by atoms with Crippen molar-refractivity contribution in [2.75, 3.05) is 20.2 Å². The van der Waals surface area contributed by atoms with Crippen molar-refractivity contribution in [1.29, 1.82) is 0 Å². The van der Waals surface area contributed by atoms with Gasteiger partial charge in [-0.05, 0) is 42.4 Å². The van der Waals surface area contributed by atoms with Crippen LogP contribution in [0.5, 0.6) is 5.75 Å². The highest BCUT2D eigenvalue weighted by Gasteiger charge is 2.39. The molecule has 1 aromatic rings. The van der Waals surface area contributed by atoms with Crippen LogP contribution in [0.2, 0.25) is 0 Å². The number of hydrogen-bond donors (Lipinski definition) is 1. The van der Waals surface area contributed by atoms with E-state index in [1.165, 1.54) is 24.9 Å². The maximum Gasteiger partial charge on any atom is 0.118 e. The molecule has 1 saturated heterocycles. The van der Waals surface area contributed by atoms with Crippen molar-refractivity contribution >= 4 is 0 Å². The summed E-state index contributed by atoms with van der Waals surface area (Å²) in [7, 11) is 1.72. The number of methoxy groups -OCH3 is 1. The van der Waals surface area contributed by atoms with E-state index in [0.717, 1.165) is 30.8 Å². The summed E-state index contributed by atoms with van der Waals surface area (Å²) >= 11 is 0. The fraction of sp³-hybridized carbons (Fsp3) is 0.667. The lowest BCUT2D eigenvalue weighted by molar-refractivity contribution is 0.0926. The van der Waals surface area contributed by atoms with Gasteiger partial charge in [-0.25, -0.2) is 0 Å². The highest BCUT2D eigenvalue weighted by atomic mass is 16.5. The largest absolute Gasteiger partial charge is 0.497 e. The minimum absolute atomic E-state index is 0.623. The first-order chi connectivity index (χ1) is 10.2. The smallest absolute Gasteiger partial charge is 0.118 e. The normalized spacial score (nSPS) is 27.0. The number of piperazine rings is 1. The molecule has 2 aliphatic rings. The van der Waals surface area contributed by atoms with E-state index >= 15 is 0 Å². The van der Waals surface area contributed by atoms with Crippen LogP contribution < -0.4 is 10.1 Å². The molecule has 116 valence electrons. The van der Waals surface area contributed by atoms with E-state index in [0.29, 0.717) is 12.0 Å². The number of nitrogens with zero attached hydrogens (tertiary/aromatic N) is 1. The zero-order chi connectivity index (χ0) is 14.8. The van der Waals surface area contributed by atoms with Gasteiger partial charge < -0.3 is 10.1 Å². The lowest BCUT2D eigenvalue weighted by Gasteiger charge is -2.42. The monoisotopic (exact) mass is 288 g/mol. The zero-order valence-electron chi connectivity index (χ0n) is 13.5. The molecule has 2 atom stereocenters. The second-order valence-corrected chi connectivity index (χ2v) is 6.94. The van der Waals surface area contributed by atoms with Crippen molar-refractivity contribution in [2.45, 2.75) is 45.3 Å². The van der Waals surface area contributed by atoms with E-state index in [4.69, 9.17) is 4.74 Å². The van der Waals surface area contributed by atoms with E-state index in [9.17, 15) is 0 Å². The van der Waals surface area contributed by atoms with Crippen LogP contribution in [0.25, 0.3) is 0 Å². The van der Waals surface area contributed by atoms with E-state index in [1.54, 1.807) is 7.11 Å². The molecular weight excluding hydrogens is 260 g/mol. The minimum atomic E-state index is 0.623. The van der Waals surface area contributed by atoms with Gasteiger partial charge in [-0.15, -0.1) is 0 Å². The third-order valence-electron chi connectivity index (χ3n) is 5.01. The van der Waals surface area contributed by atoms with Crippen molar-refractivity contribution in [2.24, 2.45) is 11.8 Å². The maximum atomic E-state index is 5.25. The van der Waals surface area contributed by atoms with Crippen LogP contribution in [0.1, 0.15) is 32.3 Å². The minimum Gasteiger partial charge on any atom is -0.497 e. The van der Waals surface area contributed by atoms with Crippen molar-refractivity contribution in [3.05, 3.63) is 29.8 Å². The number of rotatable bonds is 5. The van der Waals surface area contributed by atoms with Gasteiger partial charge in [-0.3, -0.25) is 4.90 Å². The Hall–Kier alpha value is -1.06. The average Bonchev–Trinajstić information content (AvgIpc) is 3.32. The Morgan fingerprint density at radius 1 is 1.24 bits per heavy atom. The van der Waals surface area contributed by atoms with E-state index in [1.807, 2.05) is 0 Å². The van der Waals surface area contributed by atoms with Gasteiger partial charge in [0.25, 0.3) is 0 Å². The fourth-order valence-corrected chi connectivity index (χ4v) is 3.39. The summed E-state index contributed by atoms with van der Waals surface area (Å²) in [5, 5.41) is 3.76. The third kappa shape index (κ3) is 3.58. The number of nitrogens with one attached hydrogen (secondary N) is 1. The Morgan fingerprint density at radius 3 is 2.52 bits per heavy atom. The van der Waals surface area contributed by atoms with Crippen LogP contribution in [0, 0.1) is 11.8 Å². The van der Waals surface area contributed by atoms with Crippen molar-refractivity contribution < 1.29 is 4.74 Å². The van der Waals surface area contributed by atoms with Gasteiger partial charge in [0.1, 0.15) is 5.75 Å². The summed E-state index contributed by atoms with van der Waals surface area (Å²) in [5.41, 5.74) is 1.39. The number of hydrogen-bond acceptors (Lipinski definition) is 3. The molecule has 0 bridgehead atoms. The molecule has 3 rings (SSSR count). The Bertz CT molecular complexity index is 453. The van der Waals surface area contributed by atoms with Crippen LogP contribution in [-0.2, 0) is 6.54 Å². The van der Waals surface area contributed by atoms with Crippen LogP contribution >= 0.6 is 0 Å². The predicted molar refractivity (Wildman–Crippen MR) is 86.5 cm³/mol. The first kappa shape index (κ1) is 14.9. The Labute approximate surface area is 128 Å². The highest BCUT2D eigenvalue weighted by molar-refractivity contribution is 5.27. The lowest BCUT2D eigenvalue weighted by Crippen LogP contribution is -2.58. The van der Waals surface area contributed by atoms with E-state index < -0.39 is 0 Å². The number of benzene rings is 1. The van der Waals surface area contributed by atoms with Crippen LogP contribution in [0.3, 0.4) is 0 Å². The SMILES string of the molecule is COc1ccc(CN2CC(C(C)C)NCC2C2CC2)cc1. The molecule has 21 heavy (non-hydrogen) atoms. The standard InChI is InChI=1S/C18H28N2O/c1-13(2)17-12-20(18(10-19-17)15-6-7-15)11-14-4-8-16(21-3)9-5-14/h4-5,8-9,13,15,17-19H,6-7,10-12H2,1-3H3. The molecule has 2 fully saturated rings. The van der Waals surface area contributed by atoms with E-state index in [-0.39, 0.29) is 0 Å². The topological polar surface area (TPSA) is 24.5 Å². The van der Waals surface area contributed by atoms with Gasteiger partial charge in [-0.1, -0.05) is 26.0 Å². The van der Waals surface area contributed by atoms with Gasteiger partial charge in [-0.2, -0.15) is 0 Å². The molecule has 1 aliphatic carbocycles. The Morgan fingerprint density at radius 2 is 1.95 bits per heavy atom. The summed E-state index contributed by atoms with van der Waals surface area (Å²) < 4.78 is 5.25. The average molecular weight is 288 g/mol. The fourth-order valence-electron chi connectivity index (χ4n) is 3.39. The summed E-state index contributed by atoms with van der Waals surface area (Å²) in [4.78, 5) is 2.71. The summed E-state index contributed by atoms with van der Waals surface area (Å²) in [6.45, 7) is 8.03. The summed E-state index contributed by atoms with van der Waals surface area (Å²) in [5.74, 6) is 2.56. The first-order valence-electron chi connectivity index (χ1n) is 8.27. The van der Waals surface area contributed by atoms with Gasteiger partial charge >= 0.3 is 0 Å². The molecule has 3 nitrogen and oxygen atoms in total. The van der Waals surface area contributed by atoms with Crippen LogP contribution in [0.4, 0.5) is 0 Å². The Kier molecular flexibility index (Phi) is 4.51. The van der Waals surface area contributed by atoms with Crippen LogP contribution in [-0.4, -0.2) is 37.2 Å². The summed E-state index contributed by atoms with van der Waals surface area (Å²) in [6.07, 6.45) is 2.83. The molecule has 0 spiro atoms. The van der Waals surface area contributed by atoms with Crippen molar-refractivity contribution in [3.8, 4) is 5.75 Å². The molecule has 1 aliphatic heterocycles. The van der Waals surface area contributed by atoms with Gasteiger partial charge in [0.15, 0.2) is 0 Å². The molecule has 3 heteroatoms. The molecule has 2 unspecified atom stereocenters. The van der Waals surface area contributed by atoms with Gasteiger partial charge in [0, 0.05) is 31.7 Å². The molecule has 0 aromatic heterocycles. The van der Waals surface area contributed by atoms with Crippen molar-refractivity contribution in [3.63, 3.8) is 0 Å². The highest BCUT2D eigenvalue weighted by Crippen LogP contribution is 2.37. The predicted octanol–water partition coefficient (Wildman–Crippen LogP) is 2.90. The first-order valence-corrected chi connectivity index (χ1v) is 8.27. The van der Waals surface area contributed by atoms with E-state index in [2.05, 4.69) is 48.3 Å². The molecule has 1 N–H and O–H groups in total. The molecule has 1 heterocycles. The second-order valence-electron chi connectivity index (χ2n) is 6.94. The lowest BCUT2D eigenvalue weighted by atomic mass is 9.97. The second kappa shape index (κ2) is 6.37. The third-order valence-corrected chi connectivity index (χ3v) is 5.01. The van der Waals surface area contributed by atoms with Gasteiger partial charge in [0.05, 0.1) is 7.11 Å². The molecule has 1 saturated carbocycles. The quantitative estimate of drug-likeness (QED) is 0.901. The number of ether oxygens (including phenoxy) is 1. The van der Waals surface area contributed by atoms with Crippen LogP contribution in [0.15, 0.2) is 24.3 Å². The van der Waals surface area contributed by atoms with Gasteiger partial charge in [0.2, 0.25) is 0 Å².